The highest BCUT2D eigenvalue weighted by molar-refractivity contribution is 6.31. The van der Waals surface area contributed by atoms with Gasteiger partial charge in [0, 0.05) is 47.7 Å². The molecule has 4 rings (SSSR count). The van der Waals surface area contributed by atoms with Crippen molar-refractivity contribution < 1.29 is 0 Å². The molecule has 0 spiro atoms. The van der Waals surface area contributed by atoms with Crippen LogP contribution in [0.1, 0.15) is 16.8 Å². The van der Waals surface area contributed by atoms with Crippen molar-refractivity contribution in [1.82, 2.24) is 9.47 Å². The van der Waals surface area contributed by atoms with Crippen LogP contribution in [-0.4, -0.2) is 29.6 Å². The van der Waals surface area contributed by atoms with E-state index in [4.69, 9.17) is 11.6 Å². The highest BCUT2D eigenvalue weighted by Gasteiger charge is 2.20. The van der Waals surface area contributed by atoms with Gasteiger partial charge in [-0.25, -0.2) is 0 Å². The predicted octanol–water partition coefficient (Wildman–Crippen LogP) is 4.37. The number of benzene rings is 2. The lowest BCUT2D eigenvalue weighted by Crippen LogP contribution is -2.21. The fraction of sp³-hybridized carbons (Fsp3) is 0.300. The third kappa shape index (κ3) is 2.66. The first-order valence-electron chi connectivity index (χ1n) is 8.25. The standard InChI is InChI=1S/C20H21ClN2/c1-22-12-10-17-16-7-3-5-9-19(16)23(20(17)11-13-22)14-15-6-2-4-8-18(15)21/h2-9H,10-14H2,1H3. The van der Waals surface area contributed by atoms with Crippen molar-refractivity contribution in [2.24, 2.45) is 0 Å². The van der Waals surface area contributed by atoms with Crippen LogP contribution < -0.4 is 0 Å². The molecule has 0 amide bonds. The van der Waals surface area contributed by atoms with Crippen LogP contribution in [-0.2, 0) is 19.4 Å². The zero-order chi connectivity index (χ0) is 15.8. The fourth-order valence-electron chi connectivity index (χ4n) is 3.68. The molecule has 0 radical (unpaired) electrons. The van der Waals surface area contributed by atoms with Gasteiger partial charge in [-0.05, 0) is 36.7 Å². The van der Waals surface area contributed by atoms with Gasteiger partial charge in [-0.2, -0.15) is 0 Å². The van der Waals surface area contributed by atoms with Crippen LogP contribution in [0.25, 0.3) is 10.9 Å². The Bertz CT molecular complexity index is 850. The Morgan fingerprint density at radius 2 is 1.70 bits per heavy atom. The minimum absolute atomic E-state index is 0.846. The number of rotatable bonds is 2. The van der Waals surface area contributed by atoms with Crippen molar-refractivity contribution in [1.29, 1.82) is 0 Å². The predicted molar refractivity (Wildman–Crippen MR) is 97.4 cm³/mol. The van der Waals surface area contributed by atoms with E-state index in [1.165, 1.54) is 27.7 Å². The topological polar surface area (TPSA) is 8.17 Å². The molecule has 0 N–H and O–H groups in total. The first-order valence-corrected chi connectivity index (χ1v) is 8.63. The summed E-state index contributed by atoms with van der Waals surface area (Å²) in [6.45, 7) is 3.10. The van der Waals surface area contributed by atoms with E-state index in [2.05, 4.69) is 52.9 Å². The lowest BCUT2D eigenvalue weighted by molar-refractivity contribution is 0.351. The van der Waals surface area contributed by atoms with Crippen LogP contribution in [0.4, 0.5) is 0 Å². The number of hydrogen-bond donors (Lipinski definition) is 0. The zero-order valence-corrected chi connectivity index (χ0v) is 14.2. The van der Waals surface area contributed by atoms with Crippen molar-refractivity contribution in [2.45, 2.75) is 19.4 Å². The second-order valence-electron chi connectivity index (χ2n) is 6.42. The average Bonchev–Trinajstić information content (AvgIpc) is 2.72. The van der Waals surface area contributed by atoms with Crippen molar-refractivity contribution in [2.75, 3.05) is 20.1 Å². The number of para-hydroxylation sites is 1. The van der Waals surface area contributed by atoms with Gasteiger partial charge in [-0.3, -0.25) is 0 Å². The number of nitrogens with zero attached hydrogens (tertiary/aromatic N) is 2. The van der Waals surface area contributed by atoms with Crippen molar-refractivity contribution in [3.05, 3.63) is 70.4 Å². The summed E-state index contributed by atoms with van der Waals surface area (Å²) in [7, 11) is 2.21. The normalized spacial score (nSPS) is 15.6. The van der Waals surface area contributed by atoms with Crippen molar-refractivity contribution in [3.63, 3.8) is 0 Å². The fourth-order valence-corrected chi connectivity index (χ4v) is 3.88. The molecule has 1 aromatic heterocycles. The molecule has 118 valence electrons. The maximum Gasteiger partial charge on any atom is 0.0493 e. The summed E-state index contributed by atoms with van der Waals surface area (Å²) in [5.74, 6) is 0. The first-order chi connectivity index (χ1) is 11.2. The molecule has 0 unspecified atom stereocenters. The number of likely N-dealkylation sites (N-methyl/N-ethyl adjacent to an activating group) is 1. The molecule has 2 heterocycles. The maximum absolute atomic E-state index is 6.41. The summed E-state index contributed by atoms with van der Waals surface area (Å²) in [5, 5.41) is 2.26. The van der Waals surface area contributed by atoms with Crippen molar-refractivity contribution in [3.8, 4) is 0 Å². The van der Waals surface area contributed by atoms with Gasteiger partial charge in [0.15, 0.2) is 0 Å². The van der Waals surface area contributed by atoms with Crippen molar-refractivity contribution >= 4 is 22.5 Å². The Kier molecular flexibility index (Phi) is 3.88. The van der Waals surface area contributed by atoms with E-state index in [0.717, 1.165) is 37.5 Å². The third-order valence-corrected chi connectivity index (χ3v) is 5.32. The average molecular weight is 325 g/mol. The Hall–Kier alpha value is -1.77. The smallest absolute Gasteiger partial charge is 0.0493 e. The summed E-state index contributed by atoms with van der Waals surface area (Å²) in [4.78, 5) is 2.43. The van der Waals surface area contributed by atoms with Crippen LogP contribution in [0, 0.1) is 0 Å². The summed E-state index contributed by atoms with van der Waals surface area (Å²) in [6, 6.07) is 17.0. The Labute approximate surface area is 142 Å². The minimum Gasteiger partial charge on any atom is -0.340 e. The molecule has 0 aliphatic carbocycles. The lowest BCUT2D eigenvalue weighted by atomic mass is 10.1. The molecule has 23 heavy (non-hydrogen) atoms. The van der Waals surface area contributed by atoms with Gasteiger partial charge >= 0.3 is 0 Å². The van der Waals surface area contributed by atoms with Gasteiger partial charge in [0.05, 0.1) is 0 Å². The lowest BCUT2D eigenvalue weighted by Gasteiger charge is -2.14. The Morgan fingerprint density at radius 3 is 2.57 bits per heavy atom. The monoisotopic (exact) mass is 324 g/mol. The second kappa shape index (κ2) is 6.03. The van der Waals surface area contributed by atoms with Crippen LogP contribution in [0.5, 0.6) is 0 Å². The zero-order valence-electron chi connectivity index (χ0n) is 13.4. The summed E-state index contributed by atoms with van der Waals surface area (Å²) in [6.07, 6.45) is 2.23. The molecular formula is C20H21ClN2. The Morgan fingerprint density at radius 1 is 0.957 bits per heavy atom. The molecule has 2 aromatic carbocycles. The van der Waals surface area contributed by atoms with Gasteiger partial charge < -0.3 is 9.47 Å². The molecule has 3 heteroatoms. The van der Waals surface area contributed by atoms with Gasteiger partial charge in [-0.15, -0.1) is 0 Å². The molecule has 2 nitrogen and oxygen atoms in total. The molecule has 0 saturated carbocycles. The summed E-state index contributed by atoms with van der Waals surface area (Å²) >= 11 is 6.41. The van der Waals surface area contributed by atoms with Gasteiger partial charge in [-0.1, -0.05) is 48.0 Å². The largest absolute Gasteiger partial charge is 0.340 e. The molecule has 1 aliphatic rings. The summed E-state index contributed by atoms with van der Waals surface area (Å²) < 4.78 is 2.48. The van der Waals surface area contributed by atoms with Crippen LogP contribution in [0.3, 0.4) is 0 Å². The van der Waals surface area contributed by atoms with E-state index in [1.54, 1.807) is 0 Å². The number of aromatic nitrogens is 1. The second-order valence-corrected chi connectivity index (χ2v) is 6.83. The maximum atomic E-state index is 6.41. The SMILES string of the molecule is CN1CCc2c(n(Cc3ccccc3Cl)c3ccccc23)CC1. The van der Waals surface area contributed by atoms with E-state index in [9.17, 15) is 0 Å². The highest BCUT2D eigenvalue weighted by atomic mass is 35.5. The van der Waals surface area contributed by atoms with E-state index >= 15 is 0 Å². The van der Waals surface area contributed by atoms with Crippen LogP contribution >= 0.6 is 11.6 Å². The van der Waals surface area contributed by atoms with Crippen LogP contribution in [0.2, 0.25) is 5.02 Å². The molecule has 3 aromatic rings. The number of hydrogen-bond acceptors (Lipinski definition) is 1. The van der Waals surface area contributed by atoms with E-state index in [-0.39, 0.29) is 0 Å². The molecule has 0 saturated heterocycles. The number of halogens is 1. The molecule has 1 aliphatic heterocycles. The molecule has 0 bridgehead atoms. The third-order valence-electron chi connectivity index (χ3n) is 4.95. The minimum atomic E-state index is 0.846. The quantitative estimate of drug-likeness (QED) is 0.679. The first kappa shape index (κ1) is 14.8. The van der Waals surface area contributed by atoms with E-state index in [1.807, 2.05) is 12.1 Å². The van der Waals surface area contributed by atoms with Crippen LogP contribution in [0.15, 0.2) is 48.5 Å². The van der Waals surface area contributed by atoms with Gasteiger partial charge in [0.2, 0.25) is 0 Å². The highest BCUT2D eigenvalue weighted by Crippen LogP contribution is 2.30. The van der Waals surface area contributed by atoms with Gasteiger partial charge in [0.25, 0.3) is 0 Å². The summed E-state index contributed by atoms with van der Waals surface area (Å²) in [5.41, 5.74) is 5.53. The molecule has 0 atom stereocenters. The Balaban J connectivity index is 1.87. The van der Waals surface area contributed by atoms with Gasteiger partial charge in [0.1, 0.15) is 0 Å². The van der Waals surface area contributed by atoms with E-state index in [0.29, 0.717) is 0 Å². The number of fused-ring (bicyclic) bond motifs is 3. The molecule has 0 fully saturated rings. The molecular weight excluding hydrogens is 304 g/mol. The van der Waals surface area contributed by atoms with E-state index < -0.39 is 0 Å².